The van der Waals surface area contributed by atoms with Gasteiger partial charge in [-0.15, -0.1) is 0 Å². The maximum atomic E-state index is 12.3. The number of halogens is 1. The van der Waals surface area contributed by atoms with Crippen LogP contribution in [-0.4, -0.2) is 5.78 Å². The van der Waals surface area contributed by atoms with Gasteiger partial charge in [-0.2, -0.15) is 0 Å². The SMILES string of the molecule is [2H]C1([2H])CC([2H])([2H])C(=O)C(N)(c2ccccc2Cl)C1. The van der Waals surface area contributed by atoms with Gasteiger partial charge >= 0.3 is 0 Å². The van der Waals surface area contributed by atoms with E-state index in [4.69, 9.17) is 22.8 Å². The fourth-order valence-electron chi connectivity index (χ4n) is 1.68. The predicted molar refractivity (Wildman–Crippen MR) is 60.8 cm³/mol. The van der Waals surface area contributed by atoms with E-state index in [1.165, 1.54) is 6.07 Å². The topological polar surface area (TPSA) is 43.1 Å². The summed E-state index contributed by atoms with van der Waals surface area (Å²) in [4.78, 5) is 12.3. The molecule has 0 radical (unpaired) electrons. The van der Waals surface area contributed by atoms with Crippen molar-refractivity contribution in [3.8, 4) is 0 Å². The number of benzene rings is 1. The fraction of sp³-hybridized carbons (Fsp3) is 0.417. The van der Waals surface area contributed by atoms with Gasteiger partial charge in [-0.3, -0.25) is 4.79 Å². The molecule has 15 heavy (non-hydrogen) atoms. The average Bonchev–Trinajstić information content (AvgIpc) is 2.24. The van der Waals surface area contributed by atoms with Crippen molar-refractivity contribution >= 4 is 17.4 Å². The average molecular weight is 228 g/mol. The van der Waals surface area contributed by atoms with Crippen LogP contribution in [0.1, 0.15) is 36.6 Å². The standard InChI is InChI=1S/C12H14ClNO/c13-10-6-2-1-5-9(10)12(14)8-4-3-7-11(12)15/h1-2,5-6H,3-4,7-8,14H2/i4D2,7D2. The summed E-state index contributed by atoms with van der Waals surface area (Å²) in [6, 6.07) is 6.41. The second kappa shape index (κ2) is 3.95. The molecule has 0 aliphatic heterocycles. The van der Waals surface area contributed by atoms with E-state index in [0.29, 0.717) is 0 Å². The zero-order valence-corrected chi connectivity index (χ0v) is 8.84. The molecular formula is C12H14ClNO. The van der Waals surface area contributed by atoms with Crippen LogP contribution in [0, 0.1) is 0 Å². The number of carbonyl (C=O) groups is 1. The van der Waals surface area contributed by atoms with Gasteiger partial charge < -0.3 is 5.73 Å². The molecule has 0 bridgehead atoms. The molecular weight excluding hydrogens is 210 g/mol. The lowest BCUT2D eigenvalue weighted by Crippen LogP contribution is -2.47. The molecule has 0 aromatic heterocycles. The summed E-state index contributed by atoms with van der Waals surface area (Å²) in [6.45, 7) is 0. The van der Waals surface area contributed by atoms with Crippen molar-refractivity contribution in [1.29, 1.82) is 0 Å². The molecule has 1 aromatic rings. The van der Waals surface area contributed by atoms with Gasteiger partial charge in [0.05, 0.1) is 0 Å². The van der Waals surface area contributed by atoms with Gasteiger partial charge in [-0.25, -0.2) is 0 Å². The Morgan fingerprint density at radius 3 is 2.93 bits per heavy atom. The summed E-state index contributed by atoms with van der Waals surface area (Å²) in [5.74, 6) is -0.816. The van der Waals surface area contributed by atoms with Gasteiger partial charge in [-0.05, 0) is 24.5 Å². The Kier molecular flexibility index (Phi) is 1.76. The summed E-state index contributed by atoms with van der Waals surface area (Å²) in [5.41, 5.74) is 4.60. The molecule has 1 atom stereocenters. The second-order valence-electron chi connectivity index (χ2n) is 3.56. The number of carbonyl (C=O) groups excluding carboxylic acids is 1. The zero-order valence-electron chi connectivity index (χ0n) is 12.1. The first-order chi connectivity index (χ1) is 8.58. The molecule has 1 aliphatic carbocycles. The van der Waals surface area contributed by atoms with Gasteiger partial charge in [0.15, 0.2) is 5.78 Å². The Morgan fingerprint density at radius 1 is 1.47 bits per heavy atom. The molecule has 1 unspecified atom stereocenters. The summed E-state index contributed by atoms with van der Waals surface area (Å²) < 4.78 is 31.0. The van der Waals surface area contributed by atoms with Gasteiger partial charge in [0.1, 0.15) is 5.54 Å². The fourth-order valence-corrected chi connectivity index (χ4v) is 1.99. The number of hydrogen-bond donors (Lipinski definition) is 1. The maximum absolute atomic E-state index is 12.3. The Hall–Kier alpha value is -0.860. The lowest BCUT2D eigenvalue weighted by Gasteiger charge is -2.32. The first-order valence-corrected chi connectivity index (χ1v) is 5.05. The van der Waals surface area contributed by atoms with Crippen LogP contribution in [-0.2, 0) is 10.3 Å². The molecule has 2 N–H and O–H groups in total. The normalized spacial score (nSPS) is 37.3. The van der Waals surface area contributed by atoms with E-state index in [0.717, 1.165) is 0 Å². The summed E-state index contributed by atoms with van der Waals surface area (Å²) in [6.07, 6.45) is -4.91. The quantitative estimate of drug-likeness (QED) is 0.802. The van der Waals surface area contributed by atoms with Gasteiger partial charge in [-0.1, -0.05) is 36.2 Å². The highest BCUT2D eigenvalue weighted by molar-refractivity contribution is 6.31. The van der Waals surface area contributed by atoms with Crippen LogP contribution >= 0.6 is 11.6 Å². The second-order valence-corrected chi connectivity index (χ2v) is 3.97. The first-order valence-electron chi connectivity index (χ1n) is 6.67. The van der Waals surface area contributed by atoms with Crippen LogP contribution in [0.3, 0.4) is 0 Å². The van der Waals surface area contributed by atoms with Crippen LogP contribution < -0.4 is 5.73 Å². The highest BCUT2D eigenvalue weighted by Crippen LogP contribution is 2.35. The number of hydrogen-bond acceptors (Lipinski definition) is 2. The minimum absolute atomic E-state index is 0.242. The van der Waals surface area contributed by atoms with E-state index in [2.05, 4.69) is 0 Å². The monoisotopic (exact) mass is 227 g/mol. The van der Waals surface area contributed by atoms with Crippen molar-refractivity contribution in [1.82, 2.24) is 0 Å². The first kappa shape index (κ1) is 6.66. The number of nitrogens with two attached hydrogens (primary N) is 1. The smallest absolute Gasteiger partial charge is 0.157 e. The largest absolute Gasteiger partial charge is 0.315 e. The molecule has 1 aliphatic rings. The highest BCUT2D eigenvalue weighted by atomic mass is 35.5. The Labute approximate surface area is 100 Å². The Bertz CT molecular complexity index is 534. The molecule has 0 saturated heterocycles. The van der Waals surface area contributed by atoms with Crippen molar-refractivity contribution in [2.45, 2.75) is 31.1 Å². The van der Waals surface area contributed by atoms with Crippen LogP contribution in [0.5, 0.6) is 0 Å². The number of Topliss-reactive ketones (excluding diaryl/α,β-unsaturated/α-hetero) is 1. The van der Waals surface area contributed by atoms with Crippen LogP contribution in [0.4, 0.5) is 0 Å². The predicted octanol–water partition coefficient (Wildman–Crippen LogP) is 2.64. The summed E-state index contributed by atoms with van der Waals surface area (Å²) in [7, 11) is 0. The van der Waals surface area contributed by atoms with Gasteiger partial charge in [0, 0.05) is 16.9 Å². The molecule has 0 heterocycles. The molecule has 1 fully saturated rings. The maximum Gasteiger partial charge on any atom is 0.157 e. The third-order valence-corrected chi connectivity index (χ3v) is 2.87. The molecule has 2 rings (SSSR count). The third-order valence-electron chi connectivity index (χ3n) is 2.54. The lowest BCUT2D eigenvalue weighted by molar-refractivity contribution is -0.126. The van der Waals surface area contributed by atoms with Crippen LogP contribution in [0.25, 0.3) is 0 Å². The van der Waals surface area contributed by atoms with Crippen molar-refractivity contribution in [2.24, 2.45) is 5.73 Å². The van der Waals surface area contributed by atoms with Crippen LogP contribution in [0.2, 0.25) is 5.02 Å². The van der Waals surface area contributed by atoms with Crippen LogP contribution in [0.15, 0.2) is 24.3 Å². The Balaban J connectivity index is 2.58. The summed E-state index contributed by atoms with van der Waals surface area (Å²) >= 11 is 6.02. The highest BCUT2D eigenvalue weighted by Gasteiger charge is 2.38. The molecule has 1 aromatic carbocycles. The number of rotatable bonds is 1. The minimum atomic E-state index is -2.30. The van der Waals surface area contributed by atoms with E-state index in [1.54, 1.807) is 18.2 Å². The molecule has 2 nitrogen and oxygen atoms in total. The summed E-state index contributed by atoms with van der Waals surface area (Å²) in [5, 5.41) is 0.242. The van der Waals surface area contributed by atoms with E-state index >= 15 is 0 Å². The van der Waals surface area contributed by atoms with Crippen molar-refractivity contribution in [3.63, 3.8) is 0 Å². The van der Waals surface area contributed by atoms with Crippen molar-refractivity contribution in [3.05, 3.63) is 34.9 Å². The minimum Gasteiger partial charge on any atom is -0.315 e. The zero-order chi connectivity index (χ0) is 14.5. The Morgan fingerprint density at radius 2 is 2.20 bits per heavy atom. The van der Waals surface area contributed by atoms with E-state index in [-0.39, 0.29) is 17.0 Å². The third kappa shape index (κ3) is 1.80. The molecule has 3 heteroatoms. The van der Waals surface area contributed by atoms with E-state index in [1.807, 2.05) is 0 Å². The van der Waals surface area contributed by atoms with Crippen molar-refractivity contribution in [2.75, 3.05) is 0 Å². The van der Waals surface area contributed by atoms with Crippen molar-refractivity contribution < 1.29 is 10.3 Å². The molecule has 80 valence electrons. The molecule has 0 spiro atoms. The molecule has 0 amide bonds. The number of ketones is 1. The van der Waals surface area contributed by atoms with Gasteiger partial charge in [0.2, 0.25) is 0 Å². The lowest BCUT2D eigenvalue weighted by atomic mass is 9.76. The van der Waals surface area contributed by atoms with E-state index < -0.39 is 30.5 Å². The van der Waals surface area contributed by atoms with Gasteiger partial charge in [0.25, 0.3) is 0 Å². The molecule has 1 saturated carbocycles. The van der Waals surface area contributed by atoms with E-state index in [9.17, 15) is 4.79 Å².